The van der Waals surface area contributed by atoms with Crippen LogP contribution in [0.4, 0.5) is 0 Å². The second-order valence-electron chi connectivity index (χ2n) is 2.66. The van der Waals surface area contributed by atoms with Crippen LogP contribution in [0.5, 0.6) is 0 Å². The molecule has 0 aliphatic heterocycles. The van der Waals surface area contributed by atoms with Crippen LogP contribution in [-0.2, 0) is 4.79 Å². The number of ketones is 1. The van der Waals surface area contributed by atoms with E-state index in [1.54, 1.807) is 13.3 Å². The summed E-state index contributed by atoms with van der Waals surface area (Å²) in [6.07, 6.45) is 6.10. The van der Waals surface area contributed by atoms with E-state index >= 15 is 0 Å². The van der Waals surface area contributed by atoms with E-state index < -0.39 is 0 Å². The van der Waals surface area contributed by atoms with Gasteiger partial charge in [0, 0.05) is 25.3 Å². The number of hydrogen-bond acceptors (Lipinski definition) is 2. The molecule has 68 valence electrons. The highest BCUT2D eigenvalue weighted by atomic mass is 16.1. The van der Waals surface area contributed by atoms with E-state index in [-0.39, 0.29) is 5.78 Å². The maximum Gasteiger partial charge on any atom is 0.164 e. The van der Waals surface area contributed by atoms with E-state index in [4.69, 9.17) is 0 Å². The van der Waals surface area contributed by atoms with Gasteiger partial charge >= 0.3 is 0 Å². The van der Waals surface area contributed by atoms with Crippen LogP contribution >= 0.6 is 0 Å². The Labute approximate surface area is 74.4 Å². The largest absolute Gasteiger partial charge is 0.296 e. The molecule has 0 amide bonds. The van der Waals surface area contributed by atoms with Gasteiger partial charge in [0.15, 0.2) is 5.78 Å². The van der Waals surface area contributed by atoms with Crippen LogP contribution in [0.1, 0.15) is 33.1 Å². The van der Waals surface area contributed by atoms with E-state index in [0.717, 1.165) is 18.4 Å². The van der Waals surface area contributed by atoms with Crippen molar-refractivity contribution in [3.63, 3.8) is 0 Å². The molecule has 0 atom stereocenters. The first kappa shape index (κ1) is 11.1. The lowest BCUT2D eigenvalue weighted by atomic mass is 10.1. The quantitative estimate of drug-likeness (QED) is 0.456. The second-order valence-corrected chi connectivity index (χ2v) is 2.66. The molecule has 0 bridgehead atoms. The maximum absolute atomic E-state index is 11.4. The van der Waals surface area contributed by atoms with Gasteiger partial charge in [0.2, 0.25) is 0 Å². The van der Waals surface area contributed by atoms with Gasteiger partial charge in [0.05, 0.1) is 0 Å². The number of aliphatic imine (C=N–C) groups is 1. The Morgan fingerprint density at radius 1 is 1.50 bits per heavy atom. The number of Topliss-reactive ketones (excluding diaryl/α,β-unsaturated/α-hetero) is 1. The van der Waals surface area contributed by atoms with Gasteiger partial charge in [-0.25, -0.2) is 0 Å². The highest BCUT2D eigenvalue weighted by molar-refractivity contribution is 6.13. The summed E-state index contributed by atoms with van der Waals surface area (Å²) in [5, 5.41) is 0. The lowest BCUT2D eigenvalue weighted by molar-refractivity contribution is -0.115. The van der Waals surface area contributed by atoms with Crippen molar-refractivity contribution in [2.75, 3.05) is 7.05 Å². The number of rotatable bonds is 5. The number of allylic oxidation sites excluding steroid dienone is 2. The Kier molecular flexibility index (Phi) is 6.25. The van der Waals surface area contributed by atoms with E-state index in [1.807, 2.05) is 13.0 Å². The minimum atomic E-state index is 0.199. The van der Waals surface area contributed by atoms with Gasteiger partial charge < -0.3 is 0 Å². The summed E-state index contributed by atoms with van der Waals surface area (Å²) in [6, 6.07) is 0. The molecule has 0 N–H and O–H groups in total. The van der Waals surface area contributed by atoms with Gasteiger partial charge in [0.1, 0.15) is 0 Å². The molecule has 0 aromatic carbocycles. The van der Waals surface area contributed by atoms with E-state index in [0.29, 0.717) is 6.42 Å². The predicted molar refractivity (Wildman–Crippen MR) is 52.7 cm³/mol. The molecule has 0 aliphatic carbocycles. The van der Waals surface area contributed by atoms with Gasteiger partial charge in [-0.2, -0.15) is 0 Å². The van der Waals surface area contributed by atoms with Crippen molar-refractivity contribution in [2.45, 2.75) is 33.1 Å². The molecular weight excluding hydrogens is 150 g/mol. The molecule has 0 aromatic rings. The molecule has 0 rings (SSSR count). The van der Waals surface area contributed by atoms with Gasteiger partial charge in [-0.15, -0.1) is 0 Å². The predicted octanol–water partition coefficient (Wildman–Crippen LogP) is 2.39. The molecule has 0 saturated carbocycles. The van der Waals surface area contributed by atoms with Crippen molar-refractivity contribution in [3.8, 4) is 0 Å². The number of carbonyl (C=O) groups is 1. The van der Waals surface area contributed by atoms with Gasteiger partial charge in [0.25, 0.3) is 0 Å². The summed E-state index contributed by atoms with van der Waals surface area (Å²) < 4.78 is 0. The lowest BCUT2D eigenvalue weighted by Gasteiger charge is -1.98. The first-order chi connectivity index (χ1) is 5.76. The third-order valence-electron chi connectivity index (χ3n) is 1.66. The standard InChI is InChI=1S/C10H17NO/c1-4-6-7-10(12)9(5-2)8-11-3/h5,8H,4,6-7H2,1-3H3/b9-5+,11-8?. The van der Waals surface area contributed by atoms with Gasteiger partial charge in [-0.05, 0) is 13.3 Å². The lowest BCUT2D eigenvalue weighted by Crippen LogP contribution is -2.03. The van der Waals surface area contributed by atoms with E-state index in [9.17, 15) is 4.79 Å². The van der Waals surface area contributed by atoms with Crippen LogP contribution in [-0.4, -0.2) is 19.0 Å². The summed E-state index contributed by atoms with van der Waals surface area (Å²) in [5.41, 5.74) is 0.728. The topological polar surface area (TPSA) is 29.4 Å². The SMILES string of the molecule is C/C=C(\C=NC)C(=O)CCCC. The van der Waals surface area contributed by atoms with Crippen LogP contribution in [0.15, 0.2) is 16.6 Å². The summed E-state index contributed by atoms with van der Waals surface area (Å²) in [4.78, 5) is 15.2. The van der Waals surface area contributed by atoms with E-state index in [1.165, 1.54) is 0 Å². The number of hydrogen-bond donors (Lipinski definition) is 0. The first-order valence-electron chi connectivity index (χ1n) is 4.37. The Hall–Kier alpha value is -0.920. The minimum Gasteiger partial charge on any atom is -0.296 e. The molecule has 0 heterocycles. The molecule has 0 aromatic heterocycles. The summed E-state index contributed by atoms with van der Waals surface area (Å²) >= 11 is 0. The summed E-state index contributed by atoms with van der Waals surface area (Å²) in [6.45, 7) is 3.94. The molecule has 0 aliphatic rings. The van der Waals surface area contributed by atoms with Crippen LogP contribution in [0.2, 0.25) is 0 Å². The Morgan fingerprint density at radius 3 is 2.58 bits per heavy atom. The molecule has 0 unspecified atom stereocenters. The van der Waals surface area contributed by atoms with Crippen molar-refractivity contribution >= 4 is 12.0 Å². The Morgan fingerprint density at radius 2 is 2.17 bits per heavy atom. The maximum atomic E-state index is 11.4. The van der Waals surface area contributed by atoms with Gasteiger partial charge in [-0.3, -0.25) is 9.79 Å². The average molecular weight is 167 g/mol. The smallest absolute Gasteiger partial charge is 0.164 e. The fraction of sp³-hybridized carbons (Fsp3) is 0.600. The van der Waals surface area contributed by atoms with Crippen molar-refractivity contribution in [1.82, 2.24) is 0 Å². The Bertz CT molecular complexity index is 192. The molecule has 0 spiro atoms. The normalized spacial score (nSPS) is 12.4. The van der Waals surface area contributed by atoms with Crippen molar-refractivity contribution < 1.29 is 4.79 Å². The third-order valence-corrected chi connectivity index (χ3v) is 1.66. The molecule has 0 saturated heterocycles. The first-order valence-corrected chi connectivity index (χ1v) is 4.37. The van der Waals surface area contributed by atoms with Crippen molar-refractivity contribution in [2.24, 2.45) is 4.99 Å². The Balaban J connectivity index is 4.05. The fourth-order valence-electron chi connectivity index (χ4n) is 0.928. The minimum absolute atomic E-state index is 0.199. The average Bonchev–Trinajstić information content (AvgIpc) is 2.10. The summed E-state index contributed by atoms with van der Waals surface area (Å²) in [5.74, 6) is 0.199. The van der Waals surface area contributed by atoms with E-state index in [2.05, 4.69) is 11.9 Å². The summed E-state index contributed by atoms with van der Waals surface area (Å²) in [7, 11) is 1.68. The van der Waals surface area contributed by atoms with Crippen LogP contribution in [0.25, 0.3) is 0 Å². The molecule has 12 heavy (non-hydrogen) atoms. The zero-order chi connectivity index (χ0) is 9.40. The molecule has 0 radical (unpaired) electrons. The molecule has 2 nitrogen and oxygen atoms in total. The molecule has 0 fully saturated rings. The van der Waals surface area contributed by atoms with Crippen LogP contribution in [0, 0.1) is 0 Å². The van der Waals surface area contributed by atoms with Gasteiger partial charge in [-0.1, -0.05) is 19.4 Å². The number of nitrogens with zero attached hydrogens (tertiary/aromatic N) is 1. The highest BCUT2D eigenvalue weighted by Crippen LogP contribution is 2.02. The second kappa shape index (κ2) is 6.77. The zero-order valence-corrected chi connectivity index (χ0v) is 8.13. The fourth-order valence-corrected chi connectivity index (χ4v) is 0.928. The number of carbonyl (C=O) groups excluding carboxylic acids is 1. The highest BCUT2D eigenvalue weighted by Gasteiger charge is 2.04. The number of unbranched alkanes of at least 4 members (excludes halogenated alkanes) is 1. The van der Waals surface area contributed by atoms with Crippen LogP contribution in [0.3, 0.4) is 0 Å². The zero-order valence-electron chi connectivity index (χ0n) is 8.13. The van der Waals surface area contributed by atoms with Crippen molar-refractivity contribution in [1.29, 1.82) is 0 Å². The monoisotopic (exact) mass is 167 g/mol. The molecule has 2 heteroatoms. The van der Waals surface area contributed by atoms with Crippen LogP contribution < -0.4 is 0 Å². The van der Waals surface area contributed by atoms with Crippen molar-refractivity contribution in [3.05, 3.63) is 11.6 Å². The third kappa shape index (κ3) is 4.06. The molecular formula is C10H17NO.